The normalized spacial score (nSPS) is 10.6. The minimum absolute atomic E-state index is 0.0309. The van der Waals surface area contributed by atoms with Crippen molar-refractivity contribution < 1.29 is 4.79 Å². The molecule has 0 aliphatic heterocycles. The van der Waals surface area contributed by atoms with Crippen LogP contribution in [0.4, 0.5) is 5.69 Å². The smallest absolute Gasteiger partial charge is 0.237 e. The van der Waals surface area contributed by atoms with E-state index in [1.54, 1.807) is 11.9 Å². The van der Waals surface area contributed by atoms with Crippen molar-refractivity contribution in [2.24, 2.45) is 0 Å². The number of nitrogens with zero attached hydrogens (tertiary/aromatic N) is 4. The van der Waals surface area contributed by atoms with E-state index in [1.165, 1.54) is 16.4 Å². The zero-order valence-corrected chi connectivity index (χ0v) is 14.9. The number of carbonyl (C=O) groups is 1. The fourth-order valence-electron chi connectivity index (χ4n) is 2.40. The molecule has 2 N–H and O–H groups in total. The van der Waals surface area contributed by atoms with Gasteiger partial charge in [-0.25, -0.2) is 4.68 Å². The van der Waals surface area contributed by atoms with Gasteiger partial charge in [-0.2, -0.15) is 0 Å². The molecule has 0 radical (unpaired) electrons. The highest BCUT2D eigenvalue weighted by Gasteiger charge is 2.17. The molecular weight excluding hydrogens is 334 g/mol. The number of amides is 1. The maximum atomic E-state index is 12.4. The minimum Gasteiger partial charge on any atom is -0.335 e. The summed E-state index contributed by atoms with van der Waals surface area (Å²) in [5, 5.41) is 8.79. The van der Waals surface area contributed by atoms with Crippen LogP contribution in [0.3, 0.4) is 0 Å². The fraction of sp³-hybridized carbons (Fsp3) is 0.167. The van der Waals surface area contributed by atoms with E-state index >= 15 is 0 Å². The minimum atomic E-state index is -0.0309. The molecule has 6 nitrogen and oxygen atoms in total. The Morgan fingerprint density at radius 3 is 2.52 bits per heavy atom. The van der Waals surface area contributed by atoms with E-state index in [0.717, 1.165) is 16.8 Å². The van der Waals surface area contributed by atoms with Crippen molar-refractivity contribution in [3.8, 4) is 11.4 Å². The monoisotopic (exact) mass is 353 g/mol. The Hall–Kier alpha value is -2.80. The summed E-state index contributed by atoms with van der Waals surface area (Å²) in [5.74, 6) is 6.91. The number of nitrogen functional groups attached to an aromatic ring is 1. The van der Waals surface area contributed by atoms with Crippen LogP contribution in [0.25, 0.3) is 11.4 Å². The molecule has 7 heteroatoms. The van der Waals surface area contributed by atoms with E-state index < -0.39 is 0 Å². The quantitative estimate of drug-likeness (QED) is 0.564. The number of hydrogen-bond acceptors (Lipinski definition) is 5. The van der Waals surface area contributed by atoms with Gasteiger partial charge in [-0.1, -0.05) is 54.2 Å². The number of nitrogens with two attached hydrogens (primary N) is 1. The lowest BCUT2D eigenvalue weighted by Gasteiger charge is -2.16. The summed E-state index contributed by atoms with van der Waals surface area (Å²) in [6, 6.07) is 17.3. The van der Waals surface area contributed by atoms with E-state index in [4.69, 9.17) is 5.84 Å². The number of thioether (sulfide) groups is 1. The van der Waals surface area contributed by atoms with Crippen LogP contribution in [0.15, 0.2) is 59.8 Å². The second kappa shape index (κ2) is 7.40. The van der Waals surface area contributed by atoms with Gasteiger partial charge in [0.05, 0.1) is 5.75 Å². The molecular formula is C18H19N5OS. The summed E-state index contributed by atoms with van der Waals surface area (Å²) in [7, 11) is 1.75. The zero-order valence-electron chi connectivity index (χ0n) is 14.1. The number of rotatable bonds is 5. The molecule has 0 unspecified atom stereocenters. The predicted molar refractivity (Wildman–Crippen MR) is 101 cm³/mol. The summed E-state index contributed by atoms with van der Waals surface area (Å²) < 4.78 is 1.43. The maximum Gasteiger partial charge on any atom is 0.237 e. The summed E-state index contributed by atoms with van der Waals surface area (Å²) in [6.45, 7) is 2.00. The number of hydrogen-bond donors (Lipinski definition) is 1. The number of aromatic nitrogens is 3. The molecule has 128 valence electrons. The summed E-state index contributed by atoms with van der Waals surface area (Å²) in [6.07, 6.45) is 0. The van der Waals surface area contributed by atoms with Gasteiger partial charge >= 0.3 is 0 Å². The molecule has 0 atom stereocenters. The zero-order chi connectivity index (χ0) is 17.8. The number of carbonyl (C=O) groups excluding carboxylic acids is 1. The van der Waals surface area contributed by atoms with E-state index in [2.05, 4.69) is 10.2 Å². The SMILES string of the molecule is Cc1ccccc1-c1nnc(SCC(=O)N(C)c2ccccc2)n1N. The van der Waals surface area contributed by atoms with Crippen molar-refractivity contribution in [1.29, 1.82) is 0 Å². The van der Waals surface area contributed by atoms with Gasteiger partial charge in [0.1, 0.15) is 0 Å². The highest BCUT2D eigenvalue weighted by molar-refractivity contribution is 7.99. The predicted octanol–water partition coefficient (Wildman–Crippen LogP) is 2.72. The van der Waals surface area contributed by atoms with Crippen molar-refractivity contribution in [2.45, 2.75) is 12.1 Å². The third-order valence-corrected chi connectivity index (χ3v) is 4.82. The van der Waals surface area contributed by atoms with Crippen LogP contribution < -0.4 is 10.7 Å². The van der Waals surface area contributed by atoms with Gasteiger partial charge in [-0.05, 0) is 24.6 Å². The van der Waals surface area contributed by atoms with Crippen molar-refractivity contribution in [2.75, 3.05) is 23.5 Å². The Bertz CT molecular complexity index is 878. The van der Waals surface area contributed by atoms with Crippen molar-refractivity contribution >= 4 is 23.4 Å². The molecule has 25 heavy (non-hydrogen) atoms. The summed E-state index contributed by atoms with van der Waals surface area (Å²) >= 11 is 1.27. The molecule has 0 aliphatic carbocycles. The third kappa shape index (κ3) is 3.66. The molecule has 3 aromatic rings. The Labute approximate surface area is 150 Å². The Kier molecular flexibility index (Phi) is 5.04. The summed E-state index contributed by atoms with van der Waals surface area (Å²) in [5.41, 5.74) is 2.85. The lowest BCUT2D eigenvalue weighted by molar-refractivity contribution is -0.115. The molecule has 0 saturated heterocycles. The Morgan fingerprint density at radius 1 is 1.12 bits per heavy atom. The van der Waals surface area contributed by atoms with Crippen molar-refractivity contribution in [3.63, 3.8) is 0 Å². The summed E-state index contributed by atoms with van der Waals surface area (Å²) in [4.78, 5) is 14.0. The molecule has 1 aromatic heterocycles. The van der Waals surface area contributed by atoms with Crippen molar-refractivity contribution in [3.05, 3.63) is 60.2 Å². The highest BCUT2D eigenvalue weighted by Crippen LogP contribution is 2.24. The number of aryl methyl sites for hydroxylation is 1. The van der Waals surface area contributed by atoms with Crippen LogP contribution in [-0.2, 0) is 4.79 Å². The van der Waals surface area contributed by atoms with Crippen molar-refractivity contribution in [1.82, 2.24) is 14.9 Å². The number of benzene rings is 2. The van der Waals surface area contributed by atoms with E-state index in [9.17, 15) is 4.79 Å². The van der Waals surface area contributed by atoms with Gasteiger partial charge in [-0.3, -0.25) is 4.79 Å². The topological polar surface area (TPSA) is 77.0 Å². The second-order valence-corrected chi connectivity index (χ2v) is 6.51. The van der Waals surface area contributed by atoms with E-state index in [-0.39, 0.29) is 11.7 Å². The standard InChI is InChI=1S/C18H19N5OS/c1-13-8-6-7-11-15(13)17-20-21-18(23(17)19)25-12-16(24)22(2)14-9-4-3-5-10-14/h3-11H,12,19H2,1-2H3. The second-order valence-electron chi connectivity index (χ2n) is 5.57. The molecule has 1 heterocycles. The van der Waals surface area contributed by atoms with Gasteiger partial charge in [0, 0.05) is 18.3 Å². The molecule has 0 spiro atoms. The largest absolute Gasteiger partial charge is 0.335 e. The fourth-order valence-corrected chi connectivity index (χ4v) is 3.17. The lowest BCUT2D eigenvalue weighted by Crippen LogP contribution is -2.28. The first-order valence-electron chi connectivity index (χ1n) is 7.79. The average molecular weight is 353 g/mol. The Morgan fingerprint density at radius 2 is 1.80 bits per heavy atom. The Balaban J connectivity index is 1.70. The van der Waals surface area contributed by atoms with Crippen LogP contribution >= 0.6 is 11.8 Å². The van der Waals surface area contributed by atoms with E-state index in [0.29, 0.717) is 11.0 Å². The van der Waals surface area contributed by atoms with Gasteiger partial charge in [-0.15, -0.1) is 10.2 Å². The van der Waals surface area contributed by atoms with Gasteiger partial charge in [0.25, 0.3) is 0 Å². The molecule has 0 bridgehead atoms. The highest BCUT2D eigenvalue weighted by atomic mass is 32.2. The van der Waals surface area contributed by atoms with E-state index in [1.807, 2.05) is 61.5 Å². The van der Waals surface area contributed by atoms with Crippen LogP contribution in [0, 0.1) is 6.92 Å². The first-order valence-corrected chi connectivity index (χ1v) is 8.77. The molecule has 0 fully saturated rings. The van der Waals surface area contributed by atoms with Crippen LogP contribution in [0.1, 0.15) is 5.56 Å². The molecule has 0 saturated carbocycles. The molecule has 0 aliphatic rings. The molecule has 1 amide bonds. The van der Waals surface area contributed by atoms with Gasteiger partial charge < -0.3 is 10.7 Å². The van der Waals surface area contributed by atoms with Crippen LogP contribution in [-0.4, -0.2) is 33.6 Å². The first-order chi connectivity index (χ1) is 12.1. The van der Waals surface area contributed by atoms with Crippen LogP contribution in [0.2, 0.25) is 0 Å². The van der Waals surface area contributed by atoms with Crippen LogP contribution in [0.5, 0.6) is 0 Å². The number of para-hydroxylation sites is 1. The average Bonchev–Trinajstić information content (AvgIpc) is 3.00. The van der Waals surface area contributed by atoms with Gasteiger partial charge in [0.15, 0.2) is 5.82 Å². The molecule has 3 rings (SSSR count). The maximum absolute atomic E-state index is 12.4. The van der Waals surface area contributed by atoms with Gasteiger partial charge in [0.2, 0.25) is 11.1 Å². The first kappa shape index (κ1) is 17.0. The third-order valence-electron chi connectivity index (χ3n) is 3.89. The number of anilines is 1. The lowest BCUT2D eigenvalue weighted by atomic mass is 10.1. The molecule has 2 aromatic carbocycles.